The molecule has 0 spiro atoms. The molecular weight excluding hydrogens is 729 g/mol. The molecule has 0 heterocycles. The Labute approximate surface area is 333 Å². The quantitative estimate of drug-likeness (QED) is 0.0813. The predicted octanol–water partition coefficient (Wildman–Crippen LogP) is 11.4. The van der Waals surface area contributed by atoms with Crippen LogP contribution in [-0.2, 0) is 9.59 Å². The topological polar surface area (TPSA) is 105 Å². The Hall–Kier alpha value is -7.84. The summed E-state index contributed by atoms with van der Waals surface area (Å²) < 4.78 is 23.2. The molecule has 0 unspecified atom stereocenters. The Bertz CT molecular complexity index is 2840. The number of hydrogen-bond acceptors (Lipinski definition) is 8. The lowest BCUT2D eigenvalue weighted by atomic mass is 9.92. The molecule has 8 aromatic rings. The lowest BCUT2D eigenvalue weighted by Gasteiger charge is -2.19. The maximum atomic E-state index is 14.0. The van der Waals surface area contributed by atoms with E-state index >= 15 is 0 Å². The van der Waals surface area contributed by atoms with Gasteiger partial charge in [0, 0.05) is 22.3 Å². The second kappa shape index (κ2) is 15.4. The second-order valence-corrected chi connectivity index (χ2v) is 13.9. The minimum absolute atomic E-state index is 0.272. The molecule has 58 heavy (non-hydrogen) atoms. The van der Waals surface area contributed by atoms with Crippen LogP contribution in [0, 0.1) is 0 Å². The van der Waals surface area contributed by atoms with Gasteiger partial charge in [-0.15, -0.1) is 0 Å². The van der Waals surface area contributed by atoms with Crippen LogP contribution in [0.25, 0.3) is 54.2 Å². The van der Waals surface area contributed by atoms with Crippen LogP contribution in [0.5, 0.6) is 23.0 Å². The summed E-state index contributed by atoms with van der Waals surface area (Å²) in [4.78, 5) is 52.1. The molecule has 0 fully saturated rings. The fourth-order valence-electron chi connectivity index (χ4n) is 6.72. The zero-order valence-electron chi connectivity index (χ0n) is 31.5. The normalized spacial score (nSPS) is 11.0. The van der Waals surface area contributed by atoms with Crippen LogP contribution < -0.4 is 18.9 Å². The number of hydrogen-bond donors (Lipinski definition) is 0. The molecule has 0 aromatic heterocycles. The van der Waals surface area contributed by atoms with Gasteiger partial charge in [-0.1, -0.05) is 98.1 Å². The van der Waals surface area contributed by atoms with E-state index in [1.54, 1.807) is 98.8 Å². The minimum Gasteiger partial charge on any atom is -0.423 e. The van der Waals surface area contributed by atoms with Gasteiger partial charge in [0.05, 0.1) is 11.1 Å². The lowest BCUT2D eigenvalue weighted by molar-refractivity contribution is -0.130. The van der Waals surface area contributed by atoms with Crippen molar-refractivity contribution >= 4 is 67.0 Å². The first kappa shape index (κ1) is 37.1. The second-order valence-electron chi connectivity index (χ2n) is 13.9. The molecule has 0 aliphatic heterocycles. The van der Waals surface area contributed by atoms with Crippen molar-refractivity contribution in [2.75, 3.05) is 0 Å². The number of fused-ring (bicyclic) bond motifs is 4. The van der Waals surface area contributed by atoms with Crippen molar-refractivity contribution in [3.63, 3.8) is 0 Å². The SMILES string of the molecule is C=C(C)C(=O)Oc1ccc2cc(C(=O)Oc3ccc4ccccc4c3-c3c(OC(=O)c4ccc5cc(OC(=O)C(=C)C)ccc5c4)ccc4ccccc34)ccc2c1. The molecule has 8 aromatic carbocycles. The lowest BCUT2D eigenvalue weighted by Crippen LogP contribution is -2.11. The van der Waals surface area contributed by atoms with E-state index in [2.05, 4.69) is 13.2 Å². The Balaban J connectivity index is 1.17. The van der Waals surface area contributed by atoms with Gasteiger partial charge >= 0.3 is 23.9 Å². The summed E-state index contributed by atoms with van der Waals surface area (Å²) in [5.41, 5.74) is 2.33. The van der Waals surface area contributed by atoms with Gasteiger partial charge in [0.2, 0.25) is 0 Å². The minimum atomic E-state index is -0.594. The van der Waals surface area contributed by atoms with Crippen LogP contribution in [0.15, 0.2) is 170 Å². The number of carbonyl (C=O) groups is 4. The molecule has 0 saturated carbocycles. The summed E-state index contributed by atoms with van der Waals surface area (Å²) in [7, 11) is 0. The fraction of sp³-hybridized carbons (Fsp3) is 0.0400. The zero-order valence-corrected chi connectivity index (χ0v) is 31.5. The van der Waals surface area contributed by atoms with E-state index in [1.165, 1.54) is 0 Å². The van der Waals surface area contributed by atoms with Crippen molar-refractivity contribution in [3.05, 3.63) is 181 Å². The highest BCUT2D eigenvalue weighted by atomic mass is 16.5. The molecule has 0 radical (unpaired) electrons. The van der Waals surface area contributed by atoms with Gasteiger partial charge in [-0.2, -0.15) is 0 Å². The van der Waals surface area contributed by atoms with Crippen molar-refractivity contribution in [1.82, 2.24) is 0 Å². The summed E-state index contributed by atoms with van der Waals surface area (Å²) >= 11 is 0. The maximum absolute atomic E-state index is 14.0. The van der Waals surface area contributed by atoms with Gasteiger partial charge < -0.3 is 18.9 Å². The molecule has 8 nitrogen and oxygen atoms in total. The Morgan fingerprint density at radius 3 is 1.17 bits per heavy atom. The maximum Gasteiger partial charge on any atom is 0.343 e. The average molecular weight is 763 g/mol. The van der Waals surface area contributed by atoms with Crippen LogP contribution in [0.2, 0.25) is 0 Å². The van der Waals surface area contributed by atoms with E-state index < -0.39 is 23.9 Å². The van der Waals surface area contributed by atoms with Crippen molar-refractivity contribution in [2.24, 2.45) is 0 Å². The molecule has 0 bridgehead atoms. The van der Waals surface area contributed by atoms with E-state index in [9.17, 15) is 19.2 Å². The molecule has 0 aliphatic carbocycles. The fourth-order valence-corrected chi connectivity index (χ4v) is 6.72. The molecule has 0 saturated heterocycles. The van der Waals surface area contributed by atoms with Crippen LogP contribution in [-0.4, -0.2) is 23.9 Å². The first-order valence-electron chi connectivity index (χ1n) is 18.3. The highest BCUT2D eigenvalue weighted by Crippen LogP contribution is 2.46. The summed E-state index contributed by atoms with van der Waals surface area (Å²) in [6.45, 7) is 10.4. The van der Waals surface area contributed by atoms with E-state index in [4.69, 9.17) is 18.9 Å². The Morgan fingerprint density at radius 1 is 0.397 bits per heavy atom. The standard InChI is InChI=1S/C50H34O8/c1-29(2)47(51)55-39-21-17-33-25-37(15-13-35(33)27-39)49(53)57-43-23-19-31-9-5-7-11-41(31)45(43)46-42-12-8-6-10-32(42)20-24-44(46)58-50(54)38-16-14-36-28-40(22-18-34(36)26-38)56-48(52)30(3)4/h5-28H,1,3H2,2,4H3. The molecule has 0 N–H and O–H groups in total. The van der Waals surface area contributed by atoms with Crippen LogP contribution in [0.1, 0.15) is 34.6 Å². The van der Waals surface area contributed by atoms with Crippen LogP contribution in [0.3, 0.4) is 0 Å². The van der Waals surface area contributed by atoms with Crippen molar-refractivity contribution < 1.29 is 38.1 Å². The monoisotopic (exact) mass is 762 g/mol. The smallest absolute Gasteiger partial charge is 0.343 e. The van der Waals surface area contributed by atoms with Gasteiger partial charge in [-0.3, -0.25) is 0 Å². The van der Waals surface area contributed by atoms with Gasteiger partial charge in [0.1, 0.15) is 23.0 Å². The van der Waals surface area contributed by atoms with Crippen molar-refractivity contribution in [2.45, 2.75) is 13.8 Å². The van der Waals surface area contributed by atoms with Crippen LogP contribution in [0.4, 0.5) is 0 Å². The third-order valence-corrected chi connectivity index (χ3v) is 9.65. The van der Waals surface area contributed by atoms with Crippen molar-refractivity contribution in [1.29, 1.82) is 0 Å². The first-order chi connectivity index (χ1) is 28.0. The predicted molar refractivity (Wildman–Crippen MR) is 226 cm³/mol. The Morgan fingerprint density at radius 2 is 0.759 bits per heavy atom. The van der Waals surface area contributed by atoms with Crippen molar-refractivity contribution in [3.8, 4) is 34.1 Å². The number of carbonyl (C=O) groups excluding carboxylic acids is 4. The van der Waals surface area contributed by atoms with E-state index in [0.717, 1.165) is 43.1 Å². The zero-order chi connectivity index (χ0) is 40.5. The largest absolute Gasteiger partial charge is 0.423 e. The Kier molecular flexibility index (Phi) is 9.83. The first-order valence-corrected chi connectivity index (χ1v) is 18.3. The van der Waals surface area contributed by atoms with Gasteiger partial charge in [0.25, 0.3) is 0 Å². The highest BCUT2D eigenvalue weighted by Gasteiger charge is 2.23. The molecule has 8 heteroatoms. The molecule has 0 atom stereocenters. The summed E-state index contributed by atoms with van der Waals surface area (Å²) in [5.74, 6) is -0.969. The molecule has 8 rings (SSSR count). The number of benzene rings is 8. The number of esters is 4. The summed E-state index contributed by atoms with van der Waals surface area (Å²) in [6, 6.07) is 43.2. The van der Waals surface area contributed by atoms with Gasteiger partial charge in [-0.05, 0) is 118 Å². The van der Waals surface area contributed by atoms with Crippen LogP contribution >= 0.6 is 0 Å². The number of rotatable bonds is 9. The summed E-state index contributed by atoms with van der Waals surface area (Å²) in [5, 5.41) is 6.35. The highest BCUT2D eigenvalue weighted by molar-refractivity contribution is 6.11. The third-order valence-electron chi connectivity index (χ3n) is 9.65. The van der Waals surface area contributed by atoms with E-state index in [-0.39, 0.29) is 22.6 Å². The van der Waals surface area contributed by atoms with E-state index in [1.807, 2.05) is 60.7 Å². The van der Waals surface area contributed by atoms with Gasteiger partial charge in [-0.25, -0.2) is 19.2 Å². The average Bonchev–Trinajstić information content (AvgIpc) is 3.23. The molecule has 0 amide bonds. The molecular formula is C50H34O8. The molecule has 0 aliphatic rings. The third kappa shape index (κ3) is 7.42. The van der Waals surface area contributed by atoms with Gasteiger partial charge in [0.15, 0.2) is 0 Å². The molecule has 282 valence electrons. The number of ether oxygens (including phenoxy) is 4. The van der Waals surface area contributed by atoms with E-state index in [0.29, 0.717) is 33.8 Å². The summed E-state index contributed by atoms with van der Waals surface area (Å²) in [6.07, 6.45) is 0.